The molecule has 0 bridgehead atoms. The average Bonchev–Trinajstić information content (AvgIpc) is 2.19. The summed E-state index contributed by atoms with van der Waals surface area (Å²) in [4.78, 5) is 15.2. The number of carbonyl (C=O) groups excluding carboxylic acids is 1. The number of aromatic nitrogens is 1. The molecule has 0 fully saturated rings. The Bertz CT molecular complexity index is 428. The molecule has 0 unspecified atom stereocenters. The smallest absolute Gasteiger partial charge is 0.269 e. The SMILES string of the molecule is C/C(O)=C(\C#N)C(=O)Nc1cccnc1. The van der Waals surface area contributed by atoms with Crippen LogP contribution in [0.4, 0.5) is 5.69 Å². The summed E-state index contributed by atoms with van der Waals surface area (Å²) in [6.07, 6.45) is 3.01. The van der Waals surface area contributed by atoms with Crippen LogP contribution < -0.4 is 5.32 Å². The molecule has 2 N–H and O–H groups in total. The average molecular weight is 203 g/mol. The minimum absolute atomic E-state index is 0.307. The van der Waals surface area contributed by atoms with Crippen molar-refractivity contribution in [1.29, 1.82) is 5.26 Å². The molecule has 5 nitrogen and oxygen atoms in total. The number of hydrogen-bond acceptors (Lipinski definition) is 4. The maximum atomic E-state index is 11.4. The van der Waals surface area contributed by atoms with Gasteiger partial charge in [-0.3, -0.25) is 9.78 Å². The van der Waals surface area contributed by atoms with Crippen LogP contribution in [0.1, 0.15) is 6.92 Å². The highest BCUT2D eigenvalue weighted by atomic mass is 16.3. The van der Waals surface area contributed by atoms with Crippen LogP contribution in [-0.4, -0.2) is 16.0 Å². The van der Waals surface area contributed by atoms with Crippen LogP contribution >= 0.6 is 0 Å². The van der Waals surface area contributed by atoms with Crippen LogP contribution in [-0.2, 0) is 4.79 Å². The van der Waals surface area contributed by atoms with Gasteiger partial charge in [-0.2, -0.15) is 5.26 Å². The van der Waals surface area contributed by atoms with Crippen LogP contribution in [0.15, 0.2) is 35.9 Å². The normalized spacial score (nSPS) is 11.2. The monoisotopic (exact) mass is 203 g/mol. The molecule has 0 saturated heterocycles. The van der Waals surface area contributed by atoms with Gasteiger partial charge in [0.05, 0.1) is 11.9 Å². The third kappa shape index (κ3) is 2.81. The quantitative estimate of drug-likeness (QED) is 0.432. The zero-order chi connectivity index (χ0) is 11.3. The predicted molar refractivity (Wildman–Crippen MR) is 53.8 cm³/mol. The number of anilines is 1. The third-order valence-electron chi connectivity index (χ3n) is 1.62. The van der Waals surface area contributed by atoms with E-state index in [9.17, 15) is 4.79 Å². The van der Waals surface area contributed by atoms with Crippen molar-refractivity contribution < 1.29 is 9.90 Å². The fraction of sp³-hybridized carbons (Fsp3) is 0.100. The standard InChI is InChI=1S/C10H9N3O2/c1-7(14)9(5-11)10(15)13-8-3-2-4-12-6-8/h2-4,6,14H,1H3,(H,13,15)/b9-7-. The number of aliphatic hydroxyl groups is 1. The van der Waals surface area contributed by atoms with Crippen molar-refractivity contribution in [3.63, 3.8) is 0 Å². The Morgan fingerprint density at radius 3 is 2.87 bits per heavy atom. The number of carbonyl (C=O) groups is 1. The van der Waals surface area contributed by atoms with Gasteiger partial charge < -0.3 is 10.4 Å². The molecular weight excluding hydrogens is 194 g/mol. The minimum atomic E-state index is -0.648. The molecule has 76 valence electrons. The Kier molecular flexibility index (Phi) is 3.41. The fourth-order valence-corrected chi connectivity index (χ4v) is 0.926. The number of hydrogen-bond donors (Lipinski definition) is 2. The lowest BCUT2D eigenvalue weighted by Crippen LogP contribution is -2.14. The first-order chi connectivity index (χ1) is 7.15. The zero-order valence-electron chi connectivity index (χ0n) is 8.06. The Morgan fingerprint density at radius 1 is 1.67 bits per heavy atom. The van der Waals surface area contributed by atoms with Crippen molar-refractivity contribution in [3.05, 3.63) is 35.9 Å². The number of aliphatic hydroxyl groups excluding tert-OH is 1. The summed E-state index contributed by atoms with van der Waals surface area (Å²) in [6.45, 7) is 1.28. The fourth-order valence-electron chi connectivity index (χ4n) is 0.926. The molecule has 0 atom stereocenters. The van der Waals surface area contributed by atoms with E-state index in [1.165, 1.54) is 13.1 Å². The van der Waals surface area contributed by atoms with E-state index in [1.54, 1.807) is 24.4 Å². The lowest BCUT2D eigenvalue weighted by atomic mass is 10.2. The summed E-state index contributed by atoms with van der Waals surface area (Å²) in [5.74, 6) is -0.954. The Balaban J connectivity index is 2.82. The van der Waals surface area contributed by atoms with Gasteiger partial charge in [-0.15, -0.1) is 0 Å². The van der Waals surface area contributed by atoms with E-state index in [0.717, 1.165) is 0 Å². The zero-order valence-corrected chi connectivity index (χ0v) is 8.06. The molecule has 0 spiro atoms. The van der Waals surface area contributed by atoms with Gasteiger partial charge in [-0.05, 0) is 19.1 Å². The molecule has 1 aromatic rings. The molecule has 0 aliphatic carbocycles. The maximum Gasteiger partial charge on any atom is 0.269 e. The lowest BCUT2D eigenvalue weighted by Gasteiger charge is -2.03. The molecule has 1 heterocycles. The topological polar surface area (TPSA) is 86.0 Å². The first kappa shape index (κ1) is 10.7. The van der Waals surface area contributed by atoms with Crippen molar-refractivity contribution in [1.82, 2.24) is 4.98 Å². The number of nitrogens with zero attached hydrogens (tertiary/aromatic N) is 2. The van der Waals surface area contributed by atoms with Crippen LogP contribution in [0.2, 0.25) is 0 Å². The molecule has 0 radical (unpaired) electrons. The van der Waals surface area contributed by atoms with Crippen LogP contribution in [0.3, 0.4) is 0 Å². The van der Waals surface area contributed by atoms with E-state index < -0.39 is 5.91 Å². The summed E-state index contributed by atoms with van der Waals surface area (Å²) in [6, 6.07) is 4.90. The summed E-state index contributed by atoms with van der Waals surface area (Å²) >= 11 is 0. The molecule has 0 aliphatic heterocycles. The Labute approximate surface area is 86.7 Å². The molecule has 0 saturated carbocycles. The molecule has 1 amide bonds. The van der Waals surface area contributed by atoms with Gasteiger partial charge in [0.25, 0.3) is 5.91 Å². The summed E-state index contributed by atoms with van der Waals surface area (Å²) < 4.78 is 0. The van der Waals surface area contributed by atoms with Gasteiger partial charge >= 0.3 is 0 Å². The van der Waals surface area contributed by atoms with E-state index in [2.05, 4.69) is 10.3 Å². The number of rotatable bonds is 2. The summed E-state index contributed by atoms with van der Waals surface area (Å²) in [5.41, 5.74) is 0.162. The van der Waals surface area contributed by atoms with E-state index in [1.807, 2.05) is 0 Å². The second kappa shape index (κ2) is 4.77. The van der Waals surface area contributed by atoms with Gasteiger partial charge in [-0.25, -0.2) is 0 Å². The molecule has 0 aromatic carbocycles. The minimum Gasteiger partial charge on any atom is -0.511 e. The van der Waals surface area contributed by atoms with Crippen molar-refractivity contribution in [3.8, 4) is 6.07 Å². The van der Waals surface area contributed by atoms with Crippen LogP contribution in [0, 0.1) is 11.3 Å². The van der Waals surface area contributed by atoms with E-state index in [-0.39, 0.29) is 11.3 Å². The second-order valence-corrected chi connectivity index (χ2v) is 2.77. The van der Waals surface area contributed by atoms with Gasteiger partial charge in [0.15, 0.2) is 5.57 Å². The van der Waals surface area contributed by atoms with Gasteiger partial charge in [0.1, 0.15) is 11.8 Å². The highest BCUT2D eigenvalue weighted by Gasteiger charge is 2.12. The van der Waals surface area contributed by atoms with E-state index >= 15 is 0 Å². The van der Waals surface area contributed by atoms with Crippen molar-refractivity contribution in [2.45, 2.75) is 6.92 Å². The number of pyridine rings is 1. The highest BCUT2D eigenvalue weighted by Crippen LogP contribution is 2.07. The molecule has 5 heteroatoms. The number of allylic oxidation sites excluding steroid dienone is 1. The summed E-state index contributed by atoms with van der Waals surface area (Å²) in [5, 5.41) is 20.1. The van der Waals surface area contributed by atoms with Gasteiger partial charge in [-0.1, -0.05) is 0 Å². The molecular formula is C10H9N3O2. The van der Waals surface area contributed by atoms with Gasteiger partial charge in [0.2, 0.25) is 0 Å². The van der Waals surface area contributed by atoms with Crippen molar-refractivity contribution >= 4 is 11.6 Å². The third-order valence-corrected chi connectivity index (χ3v) is 1.62. The largest absolute Gasteiger partial charge is 0.511 e. The Morgan fingerprint density at radius 2 is 2.40 bits per heavy atom. The van der Waals surface area contributed by atoms with Crippen LogP contribution in [0.25, 0.3) is 0 Å². The highest BCUT2D eigenvalue weighted by molar-refractivity contribution is 6.06. The predicted octanol–water partition coefficient (Wildman–Crippen LogP) is 1.38. The lowest BCUT2D eigenvalue weighted by molar-refractivity contribution is -0.112. The molecule has 0 aliphatic rings. The van der Waals surface area contributed by atoms with E-state index in [4.69, 9.17) is 10.4 Å². The first-order valence-electron chi connectivity index (χ1n) is 4.16. The van der Waals surface area contributed by atoms with Gasteiger partial charge in [0, 0.05) is 6.20 Å². The number of nitrogens with one attached hydrogen (secondary N) is 1. The molecule has 15 heavy (non-hydrogen) atoms. The number of amides is 1. The first-order valence-corrected chi connectivity index (χ1v) is 4.16. The Hall–Kier alpha value is -2.35. The maximum absolute atomic E-state index is 11.4. The van der Waals surface area contributed by atoms with Crippen LogP contribution in [0.5, 0.6) is 0 Å². The van der Waals surface area contributed by atoms with E-state index in [0.29, 0.717) is 5.69 Å². The second-order valence-electron chi connectivity index (χ2n) is 2.77. The number of nitriles is 1. The van der Waals surface area contributed by atoms with Crippen molar-refractivity contribution in [2.24, 2.45) is 0 Å². The molecule has 1 aromatic heterocycles. The molecule has 1 rings (SSSR count). The summed E-state index contributed by atoms with van der Waals surface area (Å²) in [7, 11) is 0. The van der Waals surface area contributed by atoms with Crippen molar-refractivity contribution in [2.75, 3.05) is 5.32 Å².